The molecule has 8 nitrogen and oxygen atoms in total. The Morgan fingerprint density at radius 3 is 2.71 bits per heavy atom. The number of halogens is 2. The van der Waals surface area contributed by atoms with E-state index in [1.165, 1.54) is 6.07 Å². The Hall–Kier alpha value is -3.79. The zero-order valence-corrected chi connectivity index (χ0v) is 23.1. The molecule has 0 radical (unpaired) electrons. The molecule has 0 spiro atoms. The molecule has 10 heteroatoms. The van der Waals surface area contributed by atoms with Gasteiger partial charge >= 0.3 is 5.97 Å². The minimum Gasteiger partial charge on any atom is -0.478 e. The number of ether oxygens (including phenoxy) is 1. The van der Waals surface area contributed by atoms with E-state index in [0.29, 0.717) is 30.1 Å². The van der Waals surface area contributed by atoms with Crippen LogP contribution < -0.4 is 0 Å². The molecule has 5 aromatic rings. The van der Waals surface area contributed by atoms with Crippen LogP contribution >= 0.6 is 11.6 Å². The Balaban J connectivity index is 1.14. The molecule has 1 N–H and O–H groups in total. The van der Waals surface area contributed by atoms with E-state index in [4.69, 9.17) is 26.3 Å². The Labute approximate surface area is 240 Å². The van der Waals surface area contributed by atoms with Crippen molar-refractivity contribution in [3.8, 4) is 0 Å². The first-order chi connectivity index (χ1) is 19.9. The van der Waals surface area contributed by atoms with Crippen LogP contribution in [0.1, 0.15) is 39.6 Å². The summed E-state index contributed by atoms with van der Waals surface area (Å²) < 4.78 is 24.6. The van der Waals surface area contributed by atoms with Crippen LogP contribution in [0.25, 0.3) is 22.1 Å². The highest BCUT2D eigenvalue weighted by atomic mass is 35.5. The van der Waals surface area contributed by atoms with Crippen LogP contribution in [0.3, 0.4) is 0 Å². The van der Waals surface area contributed by atoms with E-state index in [0.717, 1.165) is 78.4 Å². The number of carboxylic acids is 1. The molecule has 210 valence electrons. The molecule has 2 aromatic heterocycles. The highest BCUT2D eigenvalue weighted by Gasteiger charge is 2.25. The van der Waals surface area contributed by atoms with Crippen molar-refractivity contribution in [3.05, 3.63) is 93.8 Å². The summed E-state index contributed by atoms with van der Waals surface area (Å²) in [4.78, 5) is 24.0. The molecule has 0 amide bonds. The van der Waals surface area contributed by atoms with Crippen molar-refractivity contribution < 1.29 is 19.0 Å². The maximum Gasteiger partial charge on any atom is 0.335 e. The fourth-order valence-electron chi connectivity index (χ4n) is 5.94. The van der Waals surface area contributed by atoms with Gasteiger partial charge < -0.3 is 19.0 Å². The van der Waals surface area contributed by atoms with E-state index >= 15 is 0 Å². The second-order valence-electron chi connectivity index (χ2n) is 10.8. The number of hydrogen-bond donors (Lipinski definition) is 1. The molecular formula is C31H29ClFN5O3. The smallest absolute Gasteiger partial charge is 0.335 e. The second kappa shape index (κ2) is 10.6. The van der Waals surface area contributed by atoms with Crippen molar-refractivity contribution in [2.75, 3.05) is 19.7 Å². The van der Waals surface area contributed by atoms with E-state index in [1.807, 2.05) is 12.1 Å². The first-order valence-electron chi connectivity index (χ1n) is 13.9. The van der Waals surface area contributed by atoms with Crippen LogP contribution in [0.4, 0.5) is 4.39 Å². The van der Waals surface area contributed by atoms with E-state index in [-0.39, 0.29) is 17.5 Å². The Morgan fingerprint density at radius 2 is 1.93 bits per heavy atom. The van der Waals surface area contributed by atoms with Gasteiger partial charge in [0.05, 0.1) is 46.8 Å². The van der Waals surface area contributed by atoms with Gasteiger partial charge in [0, 0.05) is 44.1 Å². The second-order valence-corrected chi connectivity index (χ2v) is 11.3. The average Bonchev–Trinajstić information content (AvgIpc) is 3.39. The molecule has 0 unspecified atom stereocenters. The van der Waals surface area contributed by atoms with Gasteiger partial charge in [-0.1, -0.05) is 29.8 Å². The number of aromatic carboxylic acids is 1. The predicted octanol–water partition coefficient (Wildman–Crippen LogP) is 5.31. The number of imidazole rings is 2. The Morgan fingerprint density at radius 1 is 1.05 bits per heavy atom. The van der Waals surface area contributed by atoms with Crippen molar-refractivity contribution in [1.82, 2.24) is 24.0 Å². The molecule has 1 saturated heterocycles. The van der Waals surface area contributed by atoms with Crippen molar-refractivity contribution in [2.24, 2.45) is 0 Å². The van der Waals surface area contributed by atoms with E-state index in [1.54, 1.807) is 30.3 Å². The first-order valence-corrected chi connectivity index (χ1v) is 14.3. The van der Waals surface area contributed by atoms with Crippen LogP contribution in [-0.4, -0.2) is 60.9 Å². The van der Waals surface area contributed by atoms with Gasteiger partial charge in [-0.25, -0.2) is 19.2 Å². The lowest BCUT2D eigenvalue weighted by Crippen LogP contribution is -2.33. The lowest BCUT2D eigenvalue weighted by atomic mass is 10.0. The van der Waals surface area contributed by atoms with Crippen molar-refractivity contribution in [3.63, 3.8) is 0 Å². The molecule has 0 aliphatic carbocycles. The summed E-state index contributed by atoms with van der Waals surface area (Å²) in [5, 5.41) is 9.92. The summed E-state index contributed by atoms with van der Waals surface area (Å²) in [7, 11) is 0. The number of carbonyl (C=O) groups is 1. The van der Waals surface area contributed by atoms with Gasteiger partial charge in [0.25, 0.3) is 0 Å². The molecule has 4 heterocycles. The number of carboxylic acid groups (broad SMARTS) is 1. The summed E-state index contributed by atoms with van der Waals surface area (Å²) in [5.41, 5.74) is 5.45. The number of fused-ring (bicyclic) bond motifs is 4. The summed E-state index contributed by atoms with van der Waals surface area (Å²) in [6.07, 6.45) is 2.34. The van der Waals surface area contributed by atoms with Gasteiger partial charge in [-0.05, 0) is 53.9 Å². The summed E-state index contributed by atoms with van der Waals surface area (Å²) >= 11 is 5.95. The fraction of sp³-hybridized carbons (Fsp3) is 0.323. The van der Waals surface area contributed by atoms with Crippen LogP contribution in [0, 0.1) is 5.82 Å². The van der Waals surface area contributed by atoms with Gasteiger partial charge in [0.15, 0.2) is 0 Å². The largest absolute Gasteiger partial charge is 0.478 e. The lowest BCUT2D eigenvalue weighted by molar-refractivity contribution is -0.0592. The number of benzene rings is 3. The number of para-hydroxylation sites is 1. The minimum absolute atomic E-state index is 0.121. The molecule has 1 fully saturated rings. The summed E-state index contributed by atoms with van der Waals surface area (Å²) in [6.45, 7) is 4.47. The third-order valence-electron chi connectivity index (χ3n) is 8.25. The third-order valence-corrected chi connectivity index (χ3v) is 8.48. The maximum atomic E-state index is 14.5. The third kappa shape index (κ3) is 4.98. The maximum absolute atomic E-state index is 14.5. The van der Waals surface area contributed by atoms with Crippen LogP contribution in [-0.2, 0) is 37.2 Å². The van der Waals surface area contributed by atoms with Crippen molar-refractivity contribution in [2.45, 2.75) is 45.0 Å². The Bertz CT molecular complexity index is 1790. The van der Waals surface area contributed by atoms with Gasteiger partial charge in [-0.15, -0.1) is 0 Å². The van der Waals surface area contributed by atoms with Crippen LogP contribution in [0.15, 0.2) is 54.6 Å². The standard InChI is InChI=1S/C31H29ClFN5O3/c32-22-6-4-19(24(33)16-22)14-20-2-1-3-26-30(20)35-28-8-10-36(11-12-37(26)28)18-29-34-25-7-5-21(31(39)40)15-27(25)38(29)17-23-9-13-41-23/h1-7,15-16,23H,8-14,17-18H2,(H,39,40)/t23-/m0/s1. The predicted molar refractivity (Wildman–Crippen MR) is 154 cm³/mol. The zero-order chi connectivity index (χ0) is 28.1. The van der Waals surface area contributed by atoms with Gasteiger partial charge in [0.1, 0.15) is 17.5 Å². The number of hydrogen-bond acceptors (Lipinski definition) is 5. The van der Waals surface area contributed by atoms with Crippen LogP contribution in [0.2, 0.25) is 5.02 Å². The number of rotatable bonds is 7. The molecule has 3 aromatic carbocycles. The summed E-state index contributed by atoms with van der Waals surface area (Å²) in [5.74, 6) is 0.681. The highest BCUT2D eigenvalue weighted by Crippen LogP contribution is 2.27. The molecule has 1 atom stereocenters. The van der Waals surface area contributed by atoms with E-state index < -0.39 is 5.97 Å². The average molecular weight is 574 g/mol. The molecule has 0 saturated carbocycles. The molecule has 7 rings (SSSR count). The quantitative estimate of drug-likeness (QED) is 0.284. The summed E-state index contributed by atoms with van der Waals surface area (Å²) in [6, 6.07) is 16.0. The lowest BCUT2D eigenvalue weighted by Gasteiger charge is -2.28. The van der Waals surface area contributed by atoms with Crippen LogP contribution in [0.5, 0.6) is 0 Å². The van der Waals surface area contributed by atoms with E-state index in [9.17, 15) is 14.3 Å². The molecule has 0 bridgehead atoms. The number of nitrogens with zero attached hydrogens (tertiary/aromatic N) is 5. The zero-order valence-electron chi connectivity index (χ0n) is 22.4. The molecule has 2 aliphatic heterocycles. The minimum atomic E-state index is -0.947. The normalized spacial score (nSPS) is 17.5. The monoisotopic (exact) mass is 573 g/mol. The first kappa shape index (κ1) is 26.1. The van der Waals surface area contributed by atoms with Crippen molar-refractivity contribution >= 4 is 39.6 Å². The molecular weight excluding hydrogens is 545 g/mol. The van der Waals surface area contributed by atoms with Gasteiger partial charge in [-0.2, -0.15) is 0 Å². The molecule has 41 heavy (non-hydrogen) atoms. The number of aromatic nitrogens is 4. The van der Waals surface area contributed by atoms with Crippen molar-refractivity contribution in [1.29, 1.82) is 0 Å². The SMILES string of the molecule is O=C(O)c1ccc2nc(CN3CCc4nc5c(Cc6ccc(Cl)cc6F)cccc5n4CC3)n(C[C@@H]3CCO3)c2c1. The van der Waals surface area contributed by atoms with Gasteiger partial charge in [0.2, 0.25) is 0 Å². The van der Waals surface area contributed by atoms with E-state index in [2.05, 4.69) is 20.1 Å². The molecule has 2 aliphatic rings. The topological polar surface area (TPSA) is 85.4 Å². The Kier molecular flexibility index (Phi) is 6.73. The fourth-order valence-corrected chi connectivity index (χ4v) is 6.10. The highest BCUT2D eigenvalue weighted by molar-refractivity contribution is 6.30. The van der Waals surface area contributed by atoms with Gasteiger partial charge in [-0.3, -0.25) is 4.90 Å².